The summed E-state index contributed by atoms with van der Waals surface area (Å²) in [6, 6.07) is 0. The van der Waals surface area contributed by atoms with Crippen LogP contribution in [0.3, 0.4) is 0 Å². The minimum atomic E-state index is 0.658. The minimum Gasteiger partial charge on any atom is -0.252 e. The Bertz CT molecular complexity index is 304. The molecule has 0 fully saturated rings. The van der Waals surface area contributed by atoms with Gasteiger partial charge in [0.25, 0.3) is 0 Å². The number of nitrogens with zero attached hydrogens (tertiary/aromatic N) is 3. The van der Waals surface area contributed by atoms with Crippen molar-refractivity contribution in [3.63, 3.8) is 0 Å². The Morgan fingerprint density at radius 2 is 2.00 bits per heavy atom. The largest absolute Gasteiger partial charge is 0.252 e. The highest BCUT2D eigenvalue weighted by atomic mass is 15.4. The van der Waals surface area contributed by atoms with Crippen LogP contribution in [0, 0.1) is 11.8 Å². The van der Waals surface area contributed by atoms with E-state index in [2.05, 4.69) is 44.2 Å². The number of hydrogen-bond acceptors (Lipinski definition) is 2. The number of aryl methyl sites for hydroxylation is 1. The Morgan fingerprint density at radius 3 is 2.65 bits per heavy atom. The first-order valence-corrected chi connectivity index (χ1v) is 7.00. The summed E-state index contributed by atoms with van der Waals surface area (Å²) in [5.74, 6) is 1.52. The first-order chi connectivity index (χ1) is 8.11. The average molecular weight is 237 g/mol. The standard InChI is InChI=1S/C14H27N3/c1-5-13(4)8-6-7-9-17-11-14(15-16-17)10-12(2)3/h11-13H,5-10H2,1-4H3. The molecule has 0 aliphatic rings. The van der Waals surface area contributed by atoms with Crippen molar-refractivity contribution in [1.29, 1.82) is 0 Å². The molecule has 98 valence electrons. The van der Waals surface area contributed by atoms with E-state index in [1.807, 2.05) is 4.68 Å². The van der Waals surface area contributed by atoms with Crippen LogP contribution in [0.1, 0.15) is 59.1 Å². The third-order valence-corrected chi connectivity index (χ3v) is 3.23. The van der Waals surface area contributed by atoms with Gasteiger partial charge in [-0.2, -0.15) is 0 Å². The molecule has 3 heteroatoms. The monoisotopic (exact) mass is 237 g/mol. The molecule has 1 unspecified atom stereocenters. The van der Waals surface area contributed by atoms with Gasteiger partial charge < -0.3 is 0 Å². The van der Waals surface area contributed by atoms with Crippen LogP contribution in [0.5, 0.6) is 0 Å². The molecular formula is C14H27N3. The lowest BCUT2D eigenvalue weighted by Gasteiger charge is -2.07. The van der Waals surface area contributed by atoms with E-state index < -0.39 is 0 Å². The molecule has 0 bridgehead atoms. The van der Waals surface area contributed by atoms with Crippen molar-refractivity contribution in [2.24, 2.45) is 11.8 Å². The van der Waals surface area contributed by atoms with Gasteiger partial charge in [-0.15, -0.1) is 5.10 Å². The maximum atomic E-state index is 4.20. The van der Waals surface area contributed by atoms with Crippen molar-refractivity contribution in [3.05, 3.63) is 11.9 Å². The van der Waals surface area contributed by atoms with E-state index in [1.165, 1.54) is 25.7 Å². The number of aromatic nitrogens is 3. The molecule has 1 rings (SSSR count). The molecule has 1 heterocycles. The summed E-state index contributed by atoms with van der Waals surface area (Å²) in [7, 11) is 0. The zero-order valence-electron chi connectivity index (χ0n) is 11.8. The molecule has 0 amide bonds. The predicted octanol–water partition coefficient (Wildman–Crippen LogP) is 3.69. The summed E-state index contributed by atoms with van der Waals surface area (Å²) in [6.07, 6.45) is 8.28. The molecule has 0 radical (unpaired) electrons. The van der Waals surface area contributed by atoms with Crippen molar-refractivity contribution < 1.29 is 0 Å². The quantitative estimate of drug-likeness (QED) is 0.646. The van der Waals surface area contributed by atoms with Gasteiger partial charge in [-0.05, 0) is 24.7 Å². The second-order valence-corrected chi connectivity index (χ2v) is 5.58. The number of rotatable bonds is 8. The molecule has 0 spiro atoms. The molecule has 0 aromatic carbocycles. The maximum absolute atomic E-state index is 4.20. The first-order valence-electron chi connectivity index (χ1n) is 7.00. The second kappa shape index (κ2) is 7.46. The highest BCUT2D eigenvalue weighted by Crippen LogP contribution is 2.11. The van der Waals surface area contributed by atoms with E-state index >= 15 is 0 Å². The third-order valence-electron chi connectivity index (χ3n) is 3.23. The zero-order chi connectivity index (χ0) is 12.7. The van der Waals surface area contributed by atoms with E-state index in [9.17, 15) is 0 Å². The lowest BCUT2D eigenvalue weighted by atomic mass is 10.0. The van der Waals surface area contributed by atoms with Crippen molar-refractivity contribution in [1.82, 2.24) is 15.0 Å². The molecule has 0 aliphatic carbocycles. The Kier molecular flexibility index (Phi) is 6.23. The summed E-state index contributed by atoms with van der Waals surface area (Å²) < 4.78 is 1.99. The Labute approximate surface area is 106 Å². The van der Waals surface area contributed by atoms with Gasteiger partial charge >= 0.3 is 0 Å². The topological polar surface area (TPSA) is 30.7 Å². The third kappa shape index (κ3) is 5.85. The van der Waals surface area contributed by atoms with E-state index in [-0.39, 0.29) is 0 Å². The van der Waals surface area contributed by atoms with Crippen molar-refractivity contribution >= 4 is 0 Å². The lowest BCUT2D eigenvalue weighted by molar-refractivity contribution is 0.455. The first kappa shape index (κ1) is 14.2. The van der Waals surface area contributed by atoms with Gasteiger partial charge in [0.1, 0.15) is 0 Å². The van der Waals surface area contributed by atoms with Crippen molar-refractivity contribution in [3.8, 4) is 0 Å². The summed E-state index contributed by atoms with van der Waals surface area (Å²) in [6.45, 7) is 10.0. The highest BCUT2D eigenvalue weighted by molar-refractivity contribution is 4.92. The molecule has 1 aromatic heterocycles. The van der Waals surface area contributed by atoms with Gasteiger partial charge in [0.15, 0.2) is 0 Å². The average Bonchev–Trinajstić information content (AvgIpc) is 2.70. The van der Waals surface area contributed by atoms with Crippen LogP contribution in [0.25, 0.3) is 0 Å². The van der Waals surface area contributed by atoms with Crippen molar-refractivity contribution in [2.75, 3.05) is 0 Å². The van der Waals surface area contributed by atoms with Gasteiger partial charge in [0.2, 0.25) is 0 Å². The Hall–Kier alpha value is -0.860. The summed E-state index contributed by atoms with van der Waals surface area (Å²) >= 11 is 0. The molecular weight excluding hydrogens is 210 g/mol. The molecule has 1 atom stereocenters. The predicted molar refractivity (Wildman–Crippen MR) is 71.9 cm³/mol. The van der Waals surface area contributed by atoms with Crippen LogP contribution >= 0.6 is 0 Å². The molecule has 0 saturated heterocycles. The molecule has 0 aliphatic heterocycles. The molecule has 0 N–H and O–H groups in total. The van der Waals surface area contributed by atoms with Crippen LogP contribution in [-0.4, -0.2) is 15.0 Å². The fraction of sp³-hybridized carbons (Fsp3) is 0.857. The van der Waals surface area contributed by atoms with E-state index in [0.717, 1.165) is 24.6 Å². The van der Waals surface area contributed by atoms with E-state index in [1.54, 1.807) is 0 Å². The molecule has 17 heavy (non-hydrogen) atoms. The van der Waals surface area contributed by atoms with Crippen LogP contribution < -0.4 is 0 Å². The smallest absolute Gasteiger partial charge is 0.0829 e. The summed E-state index contributed by atoms with van der Waals surface area (Å²) in [4.78, 5) is 0. The van der Waals surface area contributed by atoms with Crippen LogP contribution in [0.4, 0.5) is 0 Å². The normalized spacial score (nSPS) is 13.2. The molecule has 3 nitrogen and oxygen atoms in total. The van der Waals surface area contributed by atoms with Gasteiger partial charge in [0, 0.05) is 12.7 Å². The van der Waals surface area contributed by atoms with Crippen LogP contribution in [0.2, 0.25) is 0 Å². The minimum absolute atomic E-state index is 0.658. The van der Waals surface area contributed by atoms with Crippen LogP contribution in [0.15, 0.2) is 6.20 Å². The molecule has 1 aromatic rings. The maximum Gasteiger partial charge on any atom is 0.0829 e. The van der Waals surface area contributed by atoms with Gasteiger partial charge in [-0.25, -0.2) is 0 Å². The van der Waals surface area contributed by atoms with Crippen LogP contribution in [-0.2, 0) is 13.0 Å². The number of unbranched alkanes of at least 4 members (excludes halogenated alkanes) is 1. The summed E-state index contributed by atoms with van der Waals surface area (Å²) in [5, 5.41) is 8.37. The SMILES string of the molecule is CCC(C)CCCCn1cc(CC(C)C)nn1. The number of hydrogen-bond donors (Lipinski definition) is 0. The summed E-state index contributed by atoms with van der Waals surface area (Å²) in [5.41, 5.74) is 1.13. The Morgan fingerprint density at radius 1 is 1.24 bits per heavy atom. The zero-order valence-corrected chi connectivity index (χ0v) is 11.8. The van der Waals surface area contributed by atoms with Crippen molar-refractivity contribution in [2.45, 2.75) is 66.3 Å². The van der Waals surface area contributed by atoms with E-state index in [0.29, 0.717) is 5.92 Å². The second-order valence-electron chi connectivity index (χ2n) is 5.58. The van der Waals surface area contributed by atoms with Gasteiger partial charge in [-0.3, -0.25) is 4.68 Å². The highest BCUT2D eigenvalue weighted by Gasteiger charge is 2.03. The van der Waals surface area contributed by atoms with Gasteiger partial charge in [0.05, 0.1) is 5.69 Å². The fourth-order valence-electron chi connectivity index (χ4n) is 1.93. The molecule has 0 saturated carbocycles. The van der Waals surface area contributed by atoms with Gasteiger partial charge in [-0.1, -0.05) is 52.2 Å². The fourth-order valence-corrected chi connectivity index (χ4v) is 1.93. The van der Waals surface area contributed by atoms with E-state index in [4.69, 9.17) is 0 Å². The Balaban J connectivity index is 2.21. The lowest BCUT2D eigenvalue weighted by Crippen LogP contribution is -2.00.